The molecule has 0 fully saturated rings. The zero-order valence-corrected chi connectivity index (χ0v) is 9.04. The number of nitrogens with zero attached hydrogens (tertiary/aromatic N) is 2. The van der Waals surface area contributed by atoms with E-state index in [1.165, 1.54) is 12.4 Å². The molecule has 88 valence electrons. The highest BCUT2D eigenvalue weighted by Gasteiger charge is 2.15. The lowest BCUT2D eigenvalue weighted by Crippen LogP contribution is -2.15. The number of nitriles is 1. The number of pyridine rings is 2. The number of carboxylic acid groups (broad SMARTS) is 1. The zero-order valence-electron chi connectivity index (χ0n) is 9.04. The van der Waals surface area contributed by atoms with Gasteiger partial charge in [0.2, 0.25) is 0 Å². The Bertz CT molecular complexity index is 699. The summed E-state index contributed by atoms with van der Waals surface area (Å²) in [7, 11) is 0. The number of hydrogen-bond acceptors (Lipinski definition) is 4. The molecule has 0 aromatic carbocycles. The Kier molecular flexibility index (Phi) is 2.89. The van der Waals surface area contributed by atoms with E-state index in [4.69, 9.17) is 10.4 Å². The molecule has 2 heterocycles. The van der Waals surface area contributed by atoms with Crippen molar-refractivity contribution in [3.05, 3.63) is 52.1 Å². The van der Waals surface area contributed by atoms with E-state index in [0.717, 1.165) is 6.07 Å². The third kappa shape index (κ3) is 1.97. The van der Waals surface area contributed by atoms with Crippen LogP contribution in [0.3, 0.4) is 0 Å². The van der Waals surface area contributed by atoms with Gasteiger partial charge < -0.3 is 10.1 Å². The minimum Gasteiger partial charge on any atom is -0.478 e. The number of carboxylic acids is 1. The molecule has 2 N–H and O–H groups in total. The first-order valence-electron chi connectivity index (χ1n) is 4.94. The monoisotopic (exact) mass is 241 g/mol. The van der Waals surface area contributed by atoms with E-state index in [1.54, 1.807) is 18.2 Å². The molecule has 18 heavy (non-hydrogen) atoms. The van der Waals surface area contributed by atoms with E-state index >= 15 is 0 Å². The van der Waals surface area contributed by atoms with Gasteiger partial charge in [-0.25, -0.2) is 4.79 Å². The lowest BCUT2D eigenvalue weighted by molar-refractivity contribution is 0.0697. The van der Waals surface area contributed by atoms with Gasteiger partial charge in [0.05, 0.1) is 11.3 Å². The van der Waals surface area contributed by atoms with Gasteiger partial charge in [0.1, 0.15) is 11.6 Å². The third-order valence-corrected chi connectivity index (χ3v) is 2.34. The molecule has 0 aliphatic carbocycles. The number of nitrogens with one attached hydrogen (secondary N) is 1. The first-order chi connectivity index (χ1) is 8.63. The molecule has 6 nitrogen and oxygen atoms in total. The largest absolute Gasteiger partial charge is 0.478 e. The highest BCUT2D eigenvalue weighted by molar-refractivity contribution is 5.95. The minimum absolute atomic E-state index is 0.139. The summed E-state index contributed by atoms with van der Waals surface area (Å²) in [6, 6.07) is 5.95. The molecule has 0 saturated carbocycles. The second kappa shape index (κ2) is 4.51. The number of H-pyrrole nitrogens is 1. The fraction of sp³-hybridized carbons (Fsp3) is 0. The smallest absolute Gasteiger partial charge is 0.337 e. The van der Waals surface area contributed by atoms with Crippen LogP contribution in [-0.2, 0) is 0 Å². The van der Waals surface area contributed by atoms with Crippen LogP contribution in [-0.4, -0.2) is 21.0 Å². The Morgan fingerprint density at radius 1 is 1.50 bits per heavy atom. The van der Waals surface area contributed by atoms with Crippen LogP contribution in [0.15, 0.2) is 35.4 Å². The van der Waals surface area contributed by atoms with E-state index in [0.29, 0.717) is 5.56 Å². The van der Waals surface area contributed by atoms with Crippen molar-refractivity contribution in [1.82, 2.24) is 9.97 Å². The fourth-order valence-electron chi connectivity index (χ4n) is 1.52. The number of rotatable bonds is 2. The maximum atomic E-state index is 11.5. The molecular weight excluding hydrogens is 234 g/mol. The topological polar surface area (TPSA) is 107 Å². The summed E-state index contributed by atoms with van der Waals surface area (Å²) in [5.41, 5.74) is -0.392. The van der Waals surface area contributed by atoms with E-state index in [-0.39, 0.29) is 16.8 Å². The molecule has 0 saturated heterocycles. The fourth-order valence-corrected chi connectivity index (χ4v) is 1.52. The van der Waals surface area contributed by atoms with Crippen LogP contribution >= 0.6 is 0 Å². The average Bonchev–Trinajstić information content (AvgIpc) is 2.39. The number of carbonyl (C=O) groups is 1. The summed E-state index contributed by atoms with van der Waals surface area (Å²) in [4.78, 5) is 28.9. The number of aromatic carboxylic acids is 1. The Balaban J connectivity index is 2.76. The lowest BCUT2D eigenvalue weighted by atomic mass is 10.1. The molecule has 0 spiro atoms. The Hall–Kier alpha value is -2.94. The Labute approximate surface area is 101 Å². The quantitative estimate of drug-likeness (QED) is 0.815. The van der Waals surface area contributed by atoms with Crippen LogP contribution in [0.5, 0.6) is 0 Å². The van der Waals surface area contributed by atoms with Gasteiger partial charge in [-0.1, -0.05) is 0 Å². The lowest BCUT2D eigenvalue weighted by Gasteiger charge is -2.05. The molecule has 0 aliphatic rings. The summed E-state index contributed by atoms with van der Waals surface area (Å²) in [5.74, 6) is -1.22. The number of aromatic nitrogens is 2. The van der Waals surface area contributed by atoms with Crippen molar-refractivity contribution in [3.63, 3.8) is 0 Å². The van der Waals surface area contributed by atoms with Crippen LogP contribution in [0.1, 0.15) is 15.9 Å². The van der Waals surface area contributed by atoms with Gasteiger partial charge in [0.15, 0.2) is 0 Å². The van der Waals surface area contributed by atoms with Crippen LogP contribution in [0, 0.1) is 11.3 Å². The molecule has 2 rings (SSSR count). The van der Waals surface area contributed by atoms with Crippen LogP contribution in [0.2, 0.25) is 0 Å². The van der Waals surface area contributed by atoms with Crippen molar-refractivity contribution in [3.8, 4) is 17.3 Å². The maximum absolute atomic E-state index is 11.5. The van der Waals surface area contributed by atoms with Crippen molar-refractivity contribution in [1.29, 1.82) is 5.26 Å². The molecular formula is C12H7N3O3. The molecule has 2 aromatic heterocycles. The van der Waals surface area contributed by atoms with Crippen molar-refractivity contribution in [2.75, 3.05) is 0 Å². The number of aromatic amines is 1. The van der Waals surface area contributed by atoms with Gasteiger partial charge in [0, 0.05) is 18.0 Å². The van der Waals surface area contributed by atoms with Gasteiger partial charge in [-0.2, -0.15) is 5.26 Å². The molecule has 0 unspecified atom stereocenters. The van der Waals surface area contributed by atoms with Gasteiger partial charge in [-0.05, 0) is 18.2 Å². The summed E-state index contributed by atoms with van der Waals surface area (Å²) < 4.78 is 0. The van der Waals surface area contributed by atoms with Gasteiger partial charge >= 0.3 is 5.97 Å². The van der Waals surface area contributed by atoms with Crippen LogP contribution < -0.4 is 5.56 Å². The SMILES string of the molecule is N#Cc1cc(C(=O)O)c(-c2cccnc2)[nH]c1=O. The molecule has 0 amide bonds. The molecule has 0 atom stereocenters. The average molecular weight is 241 g/mol. The van der Waals surface area contributed by atoms with E-state index in [9.17, 15) is 9.59 Å². The number of hydrogen-bond donors (Lipinski definition) is 2. The highest BCUT2D eigenvalue weighted by atomic mass is 16.4. The Morgan fingerprint density at radius 2 is 2.28 bits per heavy atom. The normalized spacial score (nSPS) is 9.72. The van der Waals surface area contributed by atoms with Gasteiger partial charge in [0.25, 0.3) is 5.56 Å². The molecule has 0 aliphatic heterocycles. The second-order valence-corrected chi connectivity index (χ2v) is 3.46. The first kappa shape index (κ1) is 11.5. The van der Waals surface area contributed by atoms with Crippen molar-refractivity contribution in [2.45, 2.75) is 0 Å². The highest BCUT2D eigenvalue weighted by Crippen LogP contribution is 2.19. The third-order valence-electron chi connectivity index (χ3n) is 2.34. The van der Waals surface area contributed by atoms with Crippen molar-refractivity contribution in [2.24, 2.45) is 0 Å². The molecule has 6 heteroatoms. The predicted molar refractivity (Wildman–Crippen MR) is 62.0 cm³/mol. The summed E-state index contributed by atoms with van der Waals surface area (Å²) in [5, 5.41) is 17.8. The summed E-state index contributed by atoms with van der Waals surface area (Å²) in [6.07, 6.45) is 2.97. The van der Waals surface area contributed by atoms with Gasteiger partial charge in [-0.3, -0.25) is 9.78 Å². The predicted octanol–water partition coefficient (Wildman–Crippen LogP) is 1.01. The molecule has 2 aromatic rings. The Morgan fingerprint density at radius 3 is 2.83 bits per heavy atom. The van der Waals surface area contributed by atoms with E-state index < -0.39 is 11.5 Å². The molecule has 0 bridgehead atoms. The van der Waals surface area contributed by atoms with Crippen LogP contribution in [0.4, 0.5) is 0 Å². The zero-order chi connectivity index (χ0) is 13.1. The summed E-state index contributed by atoms with van der Waals surface area (Å²) in [6.45, 7) is 0. The van der Waals surface area contributed by atoms with Crippen LogP contribution in [0.25, 0.3) is 11.3 Å². The first-order valence-corrected chi connectivity index (χ1v) is 4.94. The maximum Gasteiger partial charge on any atom is 0.337 e. The van der Waals surface area contributed by atoms with E-state index in [1.807, 2.05) is 0 Å². The van der Waals surface area contributed by atoms with E-state index in [2.05, 4.69) is 9.97 Å². The van der Waals surface area contributed by atoms with Gasteiger partial charge in [-0.15, -0.1) is 0 Å². The van der Waals surface area contributed by atoms with Crippen molar-refractivity contribution < 1.29 is 9.90 Å². The van der Waals surface area contributed by atoms with Crippen molar-refractivity contribution >= 4 is 5.97 Å². The minimum atomic E-state index is -1.22. The summed E-state index contributed by atoms with van der Waals surface area (Å²) >= 11 is 0. The molecule has 0 radical (unpaired) electrons. The standard InChI is InChI=1S/C12H7N3O3/c13-5-8-4-9(12(17)18)10(15-11(8)16)7-2-1-3-14-6-7/h1-4,6H,(H,15,16)(H,17,18). The second-order valence-electron chi connectivity index (χ2n) is 3.46.